The number of sulfonamides is 1. The molecule has 0 spiro atoms. The van der Waals surface area contributed by atoms with E-state index >= 15 is 0 Å². The minimum atomic E-state index is -3.74. The number of thiophene rings is 1. The molecular weight excluding hydrogens is 484 g/mol. The summed E-state index contributed by atoms with van der Waals surface area (Å²) in [6.07, 6.45) is 0. The molecule has 4 rings (SSSR count). The predicted molar refractivity (Wildman–Crippen MR) is 139 cm³/mol. The van der Waals surface area contributed by atoms with Gasteiger partial charge < -0.3 is 10.1 Å². The Bertz CT molecular complexity index is 1510. The number of para-hydroxylation sites is 1. The quantitative estimate of drug-likeness (QED) is 0.335. The van der Waals surface area contributed by atoms with Gasteiger partial charge in [-0.05, 0) is 67.8 Å². The molecule has 1 amide bonds. The van der Waals surface area contributed by atoms with Crippen molar-refractivity contribution in [1.29, 1.82) is 0 Å². The van der Waals surface area contributed by atoms with E-state index in [4.69, 9.17) is 4.74 Å². The molecule has 3 aromatic carbocycles. The van der Waals surface area contributed by atoms with Gasteiger partial charge in [-0.2, -0.15) is 0 Å². The van der Waals surface area contributed by atoms with Gasteiger partial charge in [-0.1, -0.05) is 29.8 Å². The monoisotopic (exact) mass is 508 g/mol. The van der Waals surface area contributed by atoms with Crippen LogP contribution in [0, 0.1) is 6.92 Å². The lowest BCUT2D eigenvalue weighted by molar-refractivity contribution is 0.0602. The van der Waals surface area contributed by atoms with Crippen LogP contribution in [0.15, 0.2) is 77.7 Å². The molecule has 0 fully saturated rings. The molecule has 35 heavy (non-hydrogen) atoms. The number of fused-ring (bicyclic) bond motifs is 1. The summed E-state index contributed by atoms with van der Waals surface area (Å²) in [5, 5.41) is 3.51. The lowest BCUT2D eigenvalue weighted by atomic mass is 10.1. The van der Waals surface area contributed by atoms with Crippen molar-refractivity contribution in [2.45, 2.75) is 18.7 Å². The van der Waals surface area contributed by atoms with E-state index in [9.17, 15) is 18.0 Å². The summed E-state index contributed by atoms with van der Waals surface area (Å²) in [6, 6.07) is 20.4. The second-order valence-electron chi connectivity index (χ2n) is 7.81. The third-order valence-corrected chi connectivity index (χ3v) is 8.52. The fourth-order valence-corrected chi connectivity index (χ4v) is 6.09. The van der Waals surface area contributed by atoms with Crippen LogP contribution in [0.5, 0.6) is 0 Å². The largest absolute Gasteiger partial charge is 0.465 e. The molecule has 0 aliphatic heterocycles. The normalized spacial score (nSPS) is 11.3. The number of ether oxygens (including phenoxy) is 1. The van der Waals surface area contributed by atoms with Crippen LogP contribution in [0.2, 0.25) is 0 Å². The topological polar surface area (TPSA) is 92.8 Å². The van der Waals surface area contributed by atoms with E-state index in [1.165, 1.54) is 22.8 Å². The third-order valence-electron chi connectivity index (χ3n) is 5.49. The highest BCUT2D eigenvalue weighted by atomic mass is 32.2. The number of carbonyl (C=O) groups excluding carboxylic acids is 2. The summed E-state index contributed by atoms with van der Waals surface area (Å²) >= 11 is 1.28. The summed E-state index contributed by atoms with van der Waals surface area (Å²) < 4.78 is 33.5. The number of anilines is 2. The minimum absolute atomic E-state index is 0.222. The molecule has 0 bridgehead atoms. The van der Waals surface area contributed by atoms with Crippen LogP contribution in [-0.4, -0.2) is 33.9 Å². The highest BCUT2D eigenvalue weighted by Crippen LogP contribution is 2.32. The molecule has 1 N–H and O–H groups in total. The van der Waals surface area contributed by atoms with Gasteiger partial charge in [-0.25, -0.2) is 13.2 Å². The van der Waals surface area contributed by atoms with Crippen molar-refractivity contribution >= 4 is 54.7 Å². The average Bonchev–Trinajstić information content (AvgIpc) is 3.28. The average molecular weight is 509 g/mol. The molecule has 9 heteroatoms. The molecule has 1 heterocycles. The third kappa shape index (κ3) is 4.91. The van der Waals surface area contributed by atoms with Gasteiger partial charge in [-0.15, -0.1) is 11.3 Å². The van der Waals surface area contributed by atoms with Crippen LogP contribution in [0.4, 0.5) is 11.4 Å². The Hall–Kier alpha value is -3.69. The van der Waals surface area contributed by atoms with E-state index in [0.29, 0.717) is 16.3 Å². The van der Waals surface area contributed by atoms with Crippen LogP contribution < -0.4 is 9.62 Å². The van der Waals surface area contributed by atoms with Crippen LogP contribution in [0.25, 0.3) is 10.1 Å². The zero-order chi connectivity index (χ0) is 25.2. The number of esters is 1. The van der Waals surface area contributed by atoms with Crippen LogP contribution >= 0.6 is 11.3 Å². The van der Waals surface area contributed by atoms with E-state index in [1.807, 2.05) is 13.0 Å². The van der Waals surface area contributed by atoms with Gasteiger partial charge >= 0.3 is 5.97 Å². The number of hydrogen-bond donors (Lipinski definition) is 1. The fourth-order valence-electron chi connectivity index (χ4n) is 3.69. The molecule has 0 saturated heterocycles. The molecule has 0 saturated carbocycles. The zero-order valence-corrected chi connectivity index (χ0v) is 21.1. The summed E-state index contributed by atoms with van der Waals surface area (Å²) in [5.41, 5.74) is 2.10. The van der Waals surface area contributed by atoms with Gasteiger partial charge in [0.1, 0.15) is 0 Å². The molecular formula is C26H24N2O5S2. The highest BCUT2D eigenvalue weighted by molar-refractivity contribution is 7.92. The Labute approximate surface area is 208 Å². The number of rotatable bonds is 7. The van der Waals surface area contributed by atoms with Gasteiger partial charge in [0.25, 0.3) is 15.9 Å². The van der Waals surface area contributed by atoms with Crippen molar-refractivity contribution in [1.82, 2.24) is 0 Å². The zero-order valence-electron chi connectivity index (χ0n) is 19.4. The summed E-state index contributed by atoms with van der Waals surface area (Å²) in [7, 11) is -2.46. The van der Waals surface area contributed by atoms with Crippen LogP contribution in [0.1, 0.15) is 32.5 Å². The fraction of sp³-hybridized carbons (Fsp3) is 0.154. The molecule has 4 aromatic rings. The van der Waals surface area contributed by atoms with Gasteiger partial charge in [0.05, 0.1) is 33.8 Å². The number of nitrogens with one attached hydrogen (secondary N) is 1. The maximum Gasteiger partial charge on any atom is 0.339 e. The molecule has 1 aromatic heterocycles. The van der Waals surface area contributed by atoms with Crippen LogP contribution in [-0.2, 0) is 14.8 Å². The first-order valence-electron chi connectivity index (χ1n) is 10.9. The number of benzene rings is 3. The molecule has 180 valence electrons. The van der Waals surface area contributed by atoms with Crippen molar-refractivity contribution in [2.24, 2.45) is 0 Å². The van der Waals surface area contributed by atoms with Crippen molar-refractivity contribution < 1.29 is 22.7 Å². The summed E-state index contributed by atoms with van der Waals surface area (Å²) in [4.78, 5) is 25.6. The highest BCUT2D eigenvalue weighted by Gasteiger charge is 2.24. The van der Waals surface area contributed by atoms with Gasteiger partial charge in [-0.3, -0.25) is 9.10 Å². The number of methoxy groups -OCH3 is 1. The number of hydrogen-bond acceptors (Lipinski definition) is 6. The molecule has 0 unspecified atom stereocenters. The SMILES string of the molecule is CCN(c1ccc2sc(C(=O)Nc3ccccc3C(=O)OC)cc2c1)S(=O)(=O)c1ccc(C)cc1. The first kappa shape index (κ1) is 24.4. The number of amides is 1. The predicted octanol–water partition coefficient (Wildman–Crippen LogP) is 5.46. The molecule has 0 aliphatic carbocycles. The lowest BCUT2D eigenvalue weighted by Crippen LogP contribution is -2.30. The standard InChI is InChI=1S/C26H24N2O5S2/c1-4-28(35(31,32)20-12-9-17(2)10-13-20)19-11-14-23-18(15-19)16-24(34-23)25(29)27-22-8-6-5-7-21(22)26(30)33-3/h5-16H,4H2,1-3H3,(H,27,29). The van der Waals surface area contributed by atoms with Crippen molar-refractivity contribution in [3.63, 3.8) is 0 Å². The summed E-state index contributed by atoms with van der Waals surface area (Å²) in [5.74, 6) is -0.917. The maximum absolute atomic E-state index is 13.3. The summed E-state index contributed by atoms with van der Waals surface area (Å²) in [6.45, 7) is 3.94. The van der Waals surface area contributed by atoms with Crippen LogP contribution in [0.3, 0.4) is 0 Å². The first-order chi connectivity index (χ1) is 16.7. The smallest absolute Gasteiger partial charge is 0.339 e. The molecule has 7 nitrogen and oxygen atoms in total. The van der Waals surface area contributed by atoms with E-state index in [-0.39, 0.29) is 22.9 Å². The van der Waals surface area contributed by atoms with Gasteiger partial charge in [0, 0.05) is 11.2 Å². The molecule has 0 atom stereocenters. The molecule has 0 aliphatic rings. The number of aryl methyl sites for hydroxylation is 1. The Morgan fingerprint density at radius 1 is 1.00 bits per heavy atom. The Kier molecular flexibility index (Phi) is 6.90. The van der Waals surface area contributed by atoms with Gasteiger partial charge in [0.2, 0.25) is 0 Å². The second kappa shape index (κ2) is 9.89. The minimum Gasteiger partial charge on any atom is -0.465 e. The second-order valence-corrected chi connectivity index (χ2v) is 10.8. The number of nitrogens with zero attached hydrogens (tertiary/aromatic N) is 1. The lowest BCUT2D eigenvalue weighted by Gasteiger charge is -2.23. The van der Waals surface area contributed by atoms with Crippen molar-refractivity contribution in [2.75, 3.05) is 23.3 Å². The van der Waals surface area contributed by atoms with E-state index in [2.05, 4.69) is 5.32 Å². The Morgan fingerprint density at radius 2 is 1.71 bits per heavy atom. The van der Waals surface area contributed by atoms with Crippen molar-refractivity contribution in [3.05, 3.63) is 88.8 Å². The van der Waals surface area contributed by atoms with E-state index in [0.717, 1.165) is 15.6 Å². The van der Waals surface area contributed by atoms with E-state index < -0.39 is 16.0 Å². The first-order valence-corrected chi connectivity index (χ1v) is 13.1. The Balaban J connectivity index is 1.64. The number of carbonyl (C=O) groups is 2. The molecule has 0 radical (unpaired) electrons. The van der Waals surface area contributed by atoms with E-state index in [1.54, 1.807) is 73.7 Å². The maximum atomic E-state index is 13.3. The van der Waals surface area contributed by atoms with Crippen molar-refractivity contribution in [3.8, 4) is 0 Å². The van der Waals surface area contributed by atoms with Gasteiger partial charge in [0.15, 0.2) is 0 Å². The Morgan fingerprint density at radius 3 is 2.40 bits per heavy atom.